The molecule has 1 aromatic rings. The first-order valence-electron chi connectivity index (χ1n) is 5.95. The third-order valence-electron chi connectivity index (χ3n) is 2.96. The molecule has 1 saturated heterocycles. The number of rotatable bonds is 5. The fourth-order valence-electron chi connectivity index (χ4n) is 2.05. The van der Waals surface area contributed by atoms with E-state index >= 15 is 0 Å². The van der Waals surface area contributed by atoms with Gasteiger partial charge in [0.1, 0.15) is 0 Å². The minimum atomic E-state index is -1.10. The highest BCUT2D eigenvalue weighted by molar-refractivity contribution is 5.84. The van der Waals surface area contributed by atoms with E-state index in [4.69, 9.17) is 0 Å². The van der Waals surface area contributed by atoms with E-state index in [1.165, 1.54) is 0 Å². The van der Waals surface area contributed by atoms with Crippen LogP contribution < -0.4 is 15.7 Å². The molecule has 1 amide bonds. The second-order valence-corrected chi connectivity index (χ2v) is 4.38. The fourth-order valence-corrected chi connectivity index (χ4v) is 2.05. The smallest absolute Gasteiger partial charge is 0.238 e. The van der Waals surface area contributed by atoms with Gasteiger partial charge in [0, 0.05) is 5.97 Å². The molecule has 96 valence electrons. The summed E-state index contributed by atoms with van der Waals surface area (Å²) >= 11 is 0. The molecule has 2 atom stereocenters. The van der Waals surface area contributed by atoms with E-state index < -0.39 is 5.97 Å². The van der Waals surface area contributed by atoms with Crippen molar-refractivity contribution in [2.75, 3.05) is 0 Å². The van der Waals surface area contributed by atoms with Crippen molar-refractivity contribution in [2.45, 2.75) is 31.5 Å². The Morgan fingerprint density at radius 3 is 2.67 bits per heavy atom. The number of hydrogen-bond acceptors (Lipinski definition) is 4. The third-order valence-corrected chi connectivity index (χ3v) is 2.96. The summed E-state index contributed by atoms with van der Waals surface area (Å²) < 4.78 is 0. The van der Waals surface area contributed by atoms with E-state index in [1.807, 2.05) is 30.3 Å². The predicted molar refractivity (Wildman–Crippen MR) is 63.2 cm³/mol. The molecular weight excluding hydrogens is 232 g/mol. The molecular formula is C13H15N2O3-. The van der Waals surface area contributed by atoms with Crippen molar-refractivity contribution in [3.8, 4) is 0 Å². The van der Waals surface area contributed by atoms with Gasteiger partial charge in [-0.15, -0.1) is 0 Å². The van der Waals surface area contributed by atoms with Gasteiger partial charge < -0.3 is 15.2 Å². The number of benzene rings is 1. The van der Waals surface area contributed by atoms with Crippen molar-refractivity contribution < 1.29 is 14.7 Å². The van der Waals surface area contributed by atoms with Crippen LogP contribution in [0.4, 0.5) is 0 Å². The standard InChI is InChI=1S/C13H16N2O3/c16-12(17)7-6-11-14-10(13(18)15-11)8-9-4-2-1-3-5-9/h1-5,10-11,14H,6-8H2,(H,15,18)(H,16,17)/p-1/t10-,11?/m0/s1. The molecule has 2 N–H and O–H groups in total. The van der Waals surface area contributed by atoms with E-state index in [0.717, 1.165) is 5.56 Å². The van der Waals surface area contributed by atoms with Gasteiger partial charge in [-0.3, -0.25) is 10.1 Å². The lowest BCUT2D eigenvalue weighted by molar-refractivity contribution is -0.305. The summed E-state index contributed by atoms with van der Waals surface area (Å²) in [4.78, 5) is 22.1. The maximum absolute atomic E-state index is 11.7. The molecule has 0 spiro atoms. The highest BCUT2D eigenvalue weighted by Crippen LogP contribution is 2.09. The second-order valence-electron chi connectivity index (χ2n) is 4.38. The number of nitrogens with one attached hydrogen (secondary N) is 2. The van der Waals surface area contributed by atoms with Gasteiger partial charge in [-0.2, -0.15) is 0 Å². The number of carbonyl (C=O) groups excluding carboxylic acids is 2. The fraction of sp³-hybridized carbons (Fsp3) is 0.385. The van der Waals surface area contributed by atoms with Gasteiger partial charge in [-0.05, 0) is 24.8 Å². The van der Waals surface area contributed by atoms with Crippen molar-refractivity contribution >= 4 is 11.9 Å². The maximum atomic E-state index is 11.7. The number of carboxylic acid groups (broad SMARTS) is 1. The molecule has 1 aliphatic rings. The zero-order valence-electron chi connectivity index (χ0n) is 9.89. The monoisotopic (exact) mass is 247 g/mol. The lowest BCUT2D eigenvalue weighted by atomic mass is 10.1. The SMILES string of the molecule is O=C([O-])CCC1NC(=O)[C@H](Cc2ccccc2)N1. The van der Waals surface area contributed by atoms with Crippen LogP contribution in [-0.4, -0.2) is 24.1 Å². The zero-order chi connectivity index (χ0) is 13.0. The Morgan fingerprint density at radius 1 is 1.28 bits per heavy atom. The number of carboxylic acids is 1. The third kappa shape index (κ3) is 3.30. The highest BCUT2D eigenvalue weighted by atomic mass is 16.4. The molecule has 0 bridgehead atoms. The van der Waals surface area contributed by atoms with Crippen molar-refractivity contribution in [3.05, 3.63) is 35.9 Å². The lowest BCUT2D eigenvalue weighted by Gasteiger charge is -2.12. The quantitative estimate of drug-likeness (QED) is 0.712. The highest BCUT2D eigenvalue weighted by Gasteiger charge is 2.30. The van der Waals surface area contributed by atoms with Gasteiger partial charge in [0.25, 0.3) is 0 Å². The minimum absolute atomic E-state index is 0.0595. The van der Waals surface area contributed by atoms with Gasteiger partial charge in [-0.25, -0.2) is 0 Å². The summed E-state index contributed by atoms with van der Waals surface area (Å²) in [6.07, 6.45) is 0.619. The molecule has 1 fully saturated rings. The summed E-state index contributed by atoms with van der Waals surface area (Å²) in [6, 6.07) is 9.41. The second kappa shape index (κ2) is 5.64. The summed E-state index contributed by atoms with van der Waals surface area (Å²) in [5, 5.41) is 16.2. The summed E-state index contributed by atoms with van der Waals surface area (Å²) in [5.41, 5.74) is 1.07. The van der Waals surface area contributed by atoms with Crippen LogP contribution in [0, 0.1) is 0 Å². The first-order valence-corrected chi connectivity index (χ1v) is 5.95. The first-order chi connectivity index (χ1) is 8.65. The van der Waals surface area contributed by atoms with Gasteiger partial charge in [0.2, 0.25) is 5.91 Å². The molecule has 0 aliphatic carbocycles. The molecule has 0 saturated carbocycles. The largest absolute Gasteiger partial charge is 0.550 e. The van der Waals surface area contributed by atoms with Crippen molar-refractivity contribution in [2.24, 2.45) is 0 Å². The van der Waals surface area contributed by atoms with Crippen LogP contribution in [0.25, 0.3) is 0 Å². The van der Waals surface area contributed by atoms with Crippen LogP contribution >= 0.6 is 0 Å². The average Bonchev–Trinajstić information content (AvgIpc) is 2.69. The molecule has 1 unspecified atom stereocenters. The van der Waals surface area contributed by atoms with Gasteiger partial charge in [0.05, 0.1) is 12.2 Å². The molecule has 18 heavy (non-hydrogen) atoms. The van der Waals surface area contributed by atoms with E-state index in [9.17, 15) is 14.7 Å². The average molecular weight is 247 g/mol. The summed E-state index contributed by atoms with van der Waals surface area (Å²) in [7, 11) is 0. The van der Waals surface area contributed by atoms with Crippen LogP contribution in [0.3, 0.4) is 0 Å². The van der Waals surface area contributed by atoms with Gasteiger partial charge >= 0.3 is 0 Å². The van der Waals surface area contributed by atoms with Crippen molar-refractivity contribution in [3.63, 3.8) is 0 Å². The van der Waals surface area contributed by atoms with E-state index in [-0.39, 0.29) is 24.5 Å². The Kier molecular flexibility index (Phi) is 3.94. The number of aliphatic carboxylic acids is 1. The molecule has 2 rings (SSSR count). The van der Waals surface area contributed by atoms with Gasteiger partial charge in [-0.1, -0.05) is 30.3 Å². The topological polar surface area (TPSA) is 81.3 Å². The molecule has 5 nitrogen and oxygen atoms in total. The molecule has 1 aromatic carbocycles. The van der Waals surface area contributed by atoms with Gasteiger partial charge in [0.15, 0.2) is 0 Å². The van der Waals surface area contributed by atoms with E-state index in [1.54, 1.807) is 0 Å². The minimum Gasteiger partial charge on any atom is -0.550 e. The zero-order valence-corrected chi connectivity index (χ0v) is 9.89. The molecule has 0 radical (unpaired) electrons. The maximum Gasteiger partial charge on any atom is 0.238 e. The number of carbonyl (C=O) groups is 2. The predicted octanol–water partition coefficient (Wildman–Crippen LogP) is -0.827. The van der Waals surface area contributed by atoms with Crippen LogP contribution in [0.1, 0.15) is 18.4 Å². The van der Waals surface area contributed by atoms with Crippen molar-refractivity contribution in [1.29, 1.82) is 0 Å². The van der Waals surface area contributed by atoms with Crippen LogP contribution in [0.15, 0.2) is 30.3 Å². The number of hydrogen-bond donors (Lipinski definition) is 2. The lowest BCUT2D eigenvalue weighted by Crippen LogP contribution is -2.36. The molecule has 5 heteroatoms. The summed E-state index contributed by atoms with van der Waals surface area (Å²) in [5.74, 6) is -1.18. The Bertz CT molecular complexity index is 433. The normalized spacial score (nSPS) is 22.8. The Labute approximate surface area is 105 Å². The molecule has 1 aliphatic heterocycles. The van der Waals surface area contributed by atoms with E-state index in [2.05, 4.69) is 10.6 Å². The van der Waals surface area contributed by atoms with Crippen molar-refractivity contribution in [1.82, 2.24) is 10.6 Å². The van der Waals surface area contributed by atoms with Crippen LogP contribution in [0.2, 0.25) is 0 Å². The number of amides is 1. The first kappa shape index (κ1) is 12.6. The Hall–Kier alpha value is -1.88. The Morgan fingerprint density at radius 2 is 2.00 bits per heavy atom. The summed E-state index contributed by atoms with van der Waals surface area (Å²) in [6.45, 7) is 0. The van der Waals surface area contributed by atoms with Crippen LogP contribution in [-0.2, 0) is 16.0 Å². The molecule has 1 heterocycles. The Balaban J connectivity index is 1.87. The molecule has 0 aromatic heterocycles. The van der Waals surface area contributed by atoms with Crippen LogP contribution in [0.5, 0.6) is 0 Å². The van der Waals surface area contributed by atoms with E-state index in [0.29, 0.717) is 12.8 Å².